The van der Waals surface area contributed by atoms with Crippen molar-refractivity contribution in [2.45, 2.75) is 0 Å². The van der Waals surface area contributed by atoms with Crippen LogP contribution in [-0.2, 0) is 0 Å². The molecule has 1 aromatic carbocycles. The van der Waals surface area contributed by atoms with Gasteiger partial charge in [-0.25, -0.2) is 4.68 Å². The number of tetrazole rings is 1. The van der Waals surface area contributed by atoms with Crippen molar-refractivity contribution < 1.29 is 4.79 Å². The van der Waals surface area contributed by atoms with Crippen LogP contribution in [0.1, 0.15) is 9.67 Å². The van der Waals surface area contributed by atoms with Crippen LogP contribution in [0.25, 0.3) is 5.69 Å². The van der Waals surface area contributed by atoms with Gasteiger partial charge in [0.25, 0.3) is 5.91 Å². The fourth-order valence-electron chi connectivity index (χ4n) is 1.66. The summed E-state index contributed by atoms with van der Waals surface area (Å²) in [6.07, 6.45) is 1.49. The van der Waals surface area contributed by atoms with E-state index in [1.54, 1.807) is 12.1 Å². The fourth-order valence-corrected chi connectivity index (χ4v) is 3.59. The molecule has 106 valence electrons. The van der Waals surface area contributed by atoms with Crippen LogP contribution in [0.15, 0.2) is 44.9 Å². The number of rotatable bonds is 3. The van der Waals surface area contributed by atoms with E-state index in [0.717, 1.165) is 13.9 Å². The monoisotopic (exact) mass is 427 g/mol. The highest BCUT2D eigenvalue weighted by Crippen LogP contribution is 2.32. The molecule has 0 saturated heterocycles. The van der Waals surface area contributed by atoms with Gasteiger partial charge in [0.05, 0.1) is 14.4 Å². The Morgan fingerprint density at radius 3 is 2.81 bits per heavy atom. The minimum Gasteiger partial charge on any atom is -0.321 e. The molecule has 0 spiro atoms. The molecule has 6 nitrogen and oxygen atoms in total. The number of hydrogen-bond acceptors (Lipinski definition) is 5. The topological polar surface area (TPSA) is 72.7 Å². The van der Waals surface area contributed by atoms with E-state index in [9.17, 15) is 4.79 Å². The molecule has 0 fully saturated rings. The summed E-state index contributed by atoms with van der Waals surface area (Å²) in [5, 5.41) is 13.8. The van der Waals surface area contributed by atoms with Crippen LogP contribution in [0.5, 0.6) is 0 Å². The smallest absolute Gasteiger partial charge is 0.265 e. The van der Waals surface area contributed by atoms with Gasteiger partial charge in [-0.3, -0.25) is 4.79 Å². The Labute approximate surface area is 140 Å². The van der Waals surface area contributed by atoms with Crippen molar-refractivity contribution in [1.29, 1.82) is 0 Å². The predicted molar refractivity (Wildman–Crippen MR) is 86.8 cm³/mol. The highest BCUT2D eigenvalue weighted by Gasteiger charge is 2.12. The Bertz CT molecular complexity index is 767. The van der Waals surface area contributed by atoms with Crippen LogP contribution in [-0.4, -0.2) is 26.1 Å². The van der Waals surface area contributed by atoms with Gasteiger partial charge in [-0.05, 0) is 66.6 Å². The summed E-state index contributed by atoms with van der Waals surface area (Å²) in [5.41, 5.74) is 1.44. The highest BCUT2D eigenvalue weighted by molar-refractivity contribution is 9.13. The maximum absolute atomic E-state index is 12.2. The van der Waals surface area contributed by atoms with Crippen molar-refractivity contribution in [1.82, 2.24) is 20.2 Å². The van der Waals surface area contributed by atoms with Gasteiger partial charge in [0.15, 0.2) is 0 Å². The summed E-state index contributed by atoms with van der Waals surface area (Å²) in [7, 11) is 0. The summed E-state index contributed by atoms with van der Waals surface area (Å²) in [6, 6.07) is 9.06. The summed E-state index contributed by atoms with van der Waals surface area (Å²) in [5.74, 6) is -0.166. The number of nitrogens with one attached hydrogen (secondary N) is 1. The fraction of sp³-hybridized carbons (Fsp3) is 0. The van der Waals surface area contributed by atoms with Gasteiger partial charge in [0.1, 0.15) is 6.33 Å². The van der Waals surface area contributed by atoms with Crippen LogP contribution < -0.4 is 5.32 Å². The zero-order chi connectivity index (χ0) is 14.8. The number of hydrogen-bond donors (Lipinski definition) is 1. The third-order valence-electron chi connectivity index (χ3n) is 2.59. The lowest BCUT2D eigenvalue weighted by atomic mass is 10.2. The molecule has 0 aliphatic carbocycles. The third-order valence-corrected chi connectivity index (χ3v) is 5.84. The van der Waals surface area contributed by atoms with Gasteiger partial charge in [-0.1, -0.05) is 6.07 Å². The van der Waals surface area contributed by atoms with Crippen LogP contribution >= 0.6 is 43.2 Å². The average Bonchev–Trinajstić information content (AvgIpc) is 3.10. The molecule has 3 rings (SSSR count). The first-order valence-corrected chi connectivity index (χ1v) is 8.13. The Balaban J connectivity index is 1.82. The second-order valence-electron chi connectivity index (χ2n) is 3.99. The van der Waals surface area contributed by atoms with Crippen molar-refractivity contribution in [3.63, 3.8) is 0 Å². The van der Waals surface area contributed by atoms with Gasteiger partial charge in [-0.15, -0.1) is 16.4 Å². The lowest BCUT2D eigenvalue weighted by Gasteiger charge is -2.05. The normalized spacial score (nSPS) is 10.6. The first kappa shape index (κ1) is 14.4. The maximum atomic E-state index is 12.2. The van der Waals surface area contributed by atoms with E-state index in [1.807, 2.05) is 18.2 Å². The SMILES string of the molecule is O=C(Nc1cccc(-n2cnnn2)c1)c1cc(Br)c(Br)s1. The third kappa shape index (κ3) is 3.20. The van der Waals surface area contributed by atoms with Crippen LogP contribution in [0.2, 0.25) is 0 Å². The lowest BCUT2D eigenvalue weighted by Crippen LogP contribution is -2.10. The van der Waals surface area contributed by atoms with Crippen LogP contribution in [0, 0.1) is 0 Å². The number of amides is 1. The predicted octanol–water partition coefficient (Wildman–Crippen LogP) is 3.50. The van der Waals surface area contributed by atoms with E-state index >= 15 is 0 Å². The van der Waals surface area contributed by atoms with E-state index in [0.29, 0.717) is 10.6 Å². The average molecular weight is 429 g/mol. The second kappa shape index (κ2) is 6.04. The molecule has 0 saturated carbocycles. The van der Waals surface area contributed by atoms with Crippen molar-refractivity contribution in [3.05, 3.63) is 49.8 Å². The van der Waals surface area contributed by atoms with Crippen LogP contribution in [0.3, 0.4) is 0 Å². The van der Waals surface area contributed by atoms with E-state index in [2.05, 4.69) is 52.7 Å². The molecule has 0 aliphatic heterocycles. The number of anilines is 1. The maximum Gasteiger partial charge on any atom is 0.265 e. The summed E-state index contributed by atoms with van der Waals surface area (Å²) in [4.78, 5) is 12.8. The van der Waals surface area contributed by atoms with Gasteiger partial charge >= 0.3 is 0 Å². The van der Waals surface area contributed by atoms with Crippen molar-refractivity contribution >= 4 is 54.8 Å². The van der Waals surface area contributed by atoms with Crippen molar-refractivity contribution in [2.75, 3.05) is 5.32 Å². The van der Waals surface area contributed by atoms with E-state index in [-0.39, 0.29) is 5.91 Å². The molecule has 0 unspecified atom stereocenters. The zero-order valence-electron chi connectivity index (χ0n) is 10.3. The lowest BCUT2D eigenvalue weighted by molar-refractivity contribution is 0.103. The molecule has 2 aromatic heterocycles. The van der Waals surface area contributed by atoms with Gasteiger partial charge in [0, 0.05) is 10.2 Å². The first-order chi connectivity index (χ1) is 10.1. The minimum absolute atomic E-state index is 0.166. The highest BCUT2D eigenvalue weighted by atomic mass is 79.9. The molecule has 3 aromatic rings. The molecule has 1 amide bonds. The molecule has 0 atom stereocenters. The molecule has 9 heteroatoms. The molecule has 0 bridgehead atoms. The van der Waals surface area contributed by atoms with E-state index in [4.69, 9.17) is 0 Å². The number of nitrogens with zero attached hydrogens (tertiary/aromatic N) is 4. The minimum atomic E-state index is -0.166. The van der Waals surface area contributed by atoms with Crippen LogP contribution in [0.4, 0.5) is 5.69 Å². The molecular formula is C12H7Br2N5OS. The van der Waals surface area contributed by atoms with E-state index in [1.165, 1.54) is 22.3 Å². The number of carbonyl (C=O) groups excluding carboxylic acids is 1. The molecule has 21 heavy (non-hydrogen) atoms. The summed E-state index contributed by atoms with van der Waals surface area (Å²) < 4.78 is 3.27. The number of aromatic nitrogens is 4. The number of thiophene rings is 1. The van der Waals surface area contributed by atoms with Crippen molar-refractivity contribution in [2.24, 2.45) is 0 Å². The quantitative estimate of drug-likeness (QED) is 0.692. The zero-order valence-corrected chi connectivity index (χ0v) is 14.3. The summed E-state index contributed by atoms with van der Waals surface area (Å²) in [6.45, 7) is 0. The number of benzene rings is 1. The standard InChI is InChI=1S/C12H7Br2N5OS/c13-9-5-10(21-11(9)14)12(20)16-7-2-1-3-8(4-7)19-6-15-17-18-19/h1-6H,(H,16,20). The van der Waals surface area contributed by atoms with E-state index < -0.39 is 0 Å². The van der Waals surface area contributed by atoms with Gasteiger partial charge < -0.3 is 5.32 Å². The largest absolute Gasteiger partial charge is 0.321 e. The Hall–Kier alpha value is -1.58. The van der Waals surface area contributed by atoms with Gasteiger partial charge in [-0.2, -0.15) is 0 Å². The number of halogens is 2. The Morgan fingerprint density at radius 2 is 2.14 bits per heavy atom. The molecular weight excluding hydrogens is 422 g/mol. The number of carbonyl (C=O) groups is 1. The molecule has 0 aliphatic rings. The molecule has 1 N–H and O–H groups in total. The Morgan fingerprint density at radius 1 is 1.29 bits per heavy atom. The summed E-state index contributed by atoms with van der Waals surface area (Å²) >= 11 is 8.10. The molecule has 2 heterocycles. The molecule has 0 radical (unpaired) electrons. The van der Waals surface area contributed by atoms with Crippen molar-refractivity contribution in [3.8, 4) is 5.69 Å². The Kier molecular flexibility index (Phi) is 4.13. The first-order valence-electron chi connectivity index (χ1n) is 5.73. The second-order valence-corrected chi connectivity index (χ2v) is 7.22. The van der Waals surface area contributed by atoms with Gasteiger partial charge in [0.2, 0.25) is 0 Å².